The van der Waals surface area contributed by atoms with Gasteiger partial charge in [-0.3, -0.25) is 4.79 Å². The maximum atomic E-state index is 12.6. The van der Waals surface area contributed by atoms with Gasteiger partial charge in [0.05, 0.1) is 10.6 Å². The lowest BCUT2D eigenvalue weighted by atomic mass is 9.91. The van der Waals surface area contributed by atoms with Crippen LogP contribution in [0.3, 0.4) is 0 Å². The molecule has 0 radical (unpaired) electrons. The van der Waals surface area contributed by atoms with Crippen LogP contribution in [0.15, 0.2) is 12.3 Å². The summed E-state index contributed by atoms with van der Waals surface area (Å²) >= 11 is 6.15. The molecule has 1 aromatic heterocycles. The van der Waals surface area contributed by atoms with Gasteiger partial charge in [-0.2, -0.15) is 0 Å². The first kappa shape index (κ1) is 16.0. The van der Waals surface area contributed by atoms with E-state index in [0.717, 1.165) is 25.8 Å². The molecular weight excluding hydrogens is 290 g/mol. The van der Waals surface area contributed by atoms with E-state index in [0.29, 0.717) is 29.4 Å². The molecule has 0 aromatic carbocycles. The lowest BCUT2D eigenvalue weighted by Crippen LogP contribution is -2.45. The Morgan fingerprint density at radius 3 is 2.86 bits per heavy atom. The number of aromatic nitrogens is 1. The van der Waals surface area contributed by atoms with Crippen molar-refractivity contribution in [3.05, 3.63) is 22.8 Å². The van der Waals surface area contributed by atoms with E-state index in [-0.39, 0.29) is 18.6 Å². The van der Waals surface area contributed by atoms with Crippen LogP contribution < -0.4 is 5.32 Å². The van der Waals surface area contributed by atoms with Crippen molar-refractivity contribution in [2.24, 2.45) is 0 Å². The molecule has 1 saturated carbocycles. The number of pyridine rings is 1. The number of aliphatic hydroxyl groups is 1. The molecule has 2 N–H and O–H groups in total. The predicted molar refractivity (Wildman–Crippen MR) is 83.8 cm³/mol. The van der Waals surface area contributed by atoms with Crippen LogP contribution in [-0.4, -0.2) is 46.6 Å². The second-order valence-corrected chi connectivity index (χ2v) is 5.65. The summed E-state index contributed by atoms with van der Waals surface area (Å²) in [5.41, 5.74) is 0.506. The zero-order chi connectivity index (χ0) is 15.2. The fraction of sp³-hybridized carbons (Fsp3) is 0.600. The third-order valence-corrected chi connectivity index (χ3v) is 4.05. The zero-order valence-corrected chi connectivity index (χ0v) is 13.1. The molecule has 0 aliphatic heterocycles. The normalized spacial score (nSPS) is 14.6. The monoisotopic (exact) mass is 311 g/mol. The Labute approximate surface area is 130 Å². The number of hydrogen-bond acceptors (Lipinski definition) is 4. The number of hydrogen-bond donors (Lipinski definition) is 2. The van der Waals surface area contributed by atoms with Gasteiger partial charge in [-0.05, 0) is 38.7 Å². The first-order chi connectivity index (χ1) is 10.2. The lowest BCUT2D eigenvalue weighted by Gasteiger charge is -2.37. The van der Waals surface area contributed by atoms with Crippen molar-refractivity contribution in [1.29, 1.82) is 0 Å². The van der Waals surface area contributed by atoms with E-state index >= 15 is 0 Å². The lowest BCUT2D eigenvalue weighted by molar-refractivity contribution is 0.0562. The maximum Gasteiger partial charge on any atom is 0.255 e. The summed E-state index contributed by atoms with van der Waals surface area (Å²) in [5.74, 6) is 0.548. The Hall–Kier alpha value is -1.33. The standard InChI is InChI=1S/C15H22ClN3O2/c1-2-17-14-13(16)9-11(10-18-14)15(21)19(7-4-8-20)12-5-3-6-12/h9-10,12,20H,2-8H2,1H3,(H,17,18). The smallest absolute Gasteiger partial charge is 0.255 e. The number of rotatable bonds is 7. The van der Waals surface area contributed by atoms with Gasteiger partial charge in [0.25, 0.3) is 5.91 Å². The van der Waals surface area contributed by atoms with Crippen molar-refractivity contribution in [2.45, 2.75) is 38.6 Å². The summed E-state index contributed by atoms with van der Waals surface area (Å²) < 4.78 is 0. The van der Waals surface area contributed by atoms with Crippen LogP contribution in [0.25, 0.3) is 0 Å². The molecule has 1 aliphatic carbocycles. The number of halogens is 1. The Morgan fingerprint density at radius 1 is 1.57 bits per heavy atom. The molecule has 0 unspecified atom stereocenters. The van der Waals surface area contributed by atoms with Gasteiger partial charge in [-0.15, -0.1) is 0 Å². The Balaban J connectivity index is 2.13. The highest BCUT2D eigenvalue weighted by Crippen LogP contribution is 2.27. The minimum Gasteiger partial charge on any atom is -0.396 e. The molecule has 1 heterocycles. The number of carbonyl (C=O) groups is 1. The van der Waals surface area contributed by atoms with Gasteiger partial charge in [0.2, 0.25) is 0 Å². The van der Waals surface area contributed by atoms with Crippen LogP contribution in [-0.2, 0) is 0 Å². The summed E-state index contributed by atoms with van der Waals surface area (Å²) in [6.07, 6.45) is 5.39. The van der Waals surface area contributed by atoms with E-state index in [1.54, 1.807) is 12.3 Å². The minimum absolute atomic E-state index is 0.0504. The molecular formula is C15H22ClN3O2. The predicted octanol–water partition coefficient (Wildman–Crippen LogP) is 2.54. The highest BCUT2D eigenvalue weighted by molar-refractivity contribution is 6.33. The van der Waals surface area contributed by atoms with Crippen molar-refractivity contribution in [1.82, 2.24) is 9.88 Å². The van der Waals surface area contributed by atoms with E-state index in [1.807, 2.05) is 11.8 Å². The Bertz CT molecular complexity index is 492. The van der Waals surface area contributed by atoms with Gasteiger partial charge >= 0.3 is 0 Å². The average molecular weight is 312 g/mol. The van der Waals surface area contributed by atoms with E-state index in [9.17, 15) is 4.79 Å². The summed E-state index contributed by atoms with van der Waals surface area (Å²) in [5, 5.41) is 12.5. The second-order valence-electron chi connectivity index (χ2n) is 5.25. The molecule has 1 fully saturated rings. The number of amides is 1. The number of aliphatic hydroxyl groups excluding tert-OH is 1. The quantitative estimate of drug-likeness (QED) is 0.812. The molecule has 1 amide bonds. The number of nitrogens with one attached hydrogen (secondary N) is 1. The molecule has 5 nitrogen and oxygen atoms in total. The third kappa shape index (κ3) is 3.86. The summed E-state index contributed by atoms with van der Waals surface area (Å²) in [4.78, 5) is 18.7. The molecule has 0 saturated heterocycles. The molecule has 1 aromatic rings. The maximum absolute atomic E-state index is 12.6. The highest BCUT2D eigenvalue weighted by atomic mass is 35.5. The van der Waals surface area contributed by atoms with Crippen molar-refractivity contribution < 1.29 is 9.90 Å². The number of anilines is 1. The largest absolute Gasteiger partial charge is 0.396 e. The second kappa shape index (κ2) is 7.61. The molecule has 2 rings (SSSR count). The molecule has 116 valence electrons. The summed E-state index contributed by atoms with van der Waals surface area (Å²) in [7, 11) is 0. The Morgan fingerprint density at radius 2 is 2.33 bits per heavy atom. The average Bonchev–Trinajstić information content (AvgIpc) is 2.43. The van der Waals surface area contributed by atoms with Crippen molar-refractivity contribution >= 4 is 23.3 Å². The summed E-state index contributed by atoms with van der Waals surface area (Å²) in [6.45, 7) is 3.36. The summed E-state index contributed by atoms with van der Waals surface area (Å²) in [6, 6.07) is 1.95. The minimum atomic E-state index is -0.0504. The van der Waals surface area contributed by atoms with Gasteiger partial charge in [-0.1, -0.05) is 11.6 Å². The third-order valence-electron chi connectivity index (χ3n) is 3.77. The highest BCUT2D eigenvalue weighted by Gasteiger charge is 2.29. The SMILES string of the molecule is CCNc1ncc(C(=O)N(CCCO)C2CCC2)cc1Cl. The number of carbonyl (C=O) groups excluding carboxylic acids is 1. The van der Waals surface area contributed by atoms with Crippen LogP contribution in [0.5, 0.6) is 0 Å². The van der Waals surface area contributed by atoms with Gasteiger partial charge in [-0.25, -0.2) is 4.98 Å². The van der Waals surface area contributed by atoms with Gasteiger partial charge in [0.15, 0.2) is 0 Å². The van der Waals surface area contributed by atoms with E-state index in [2.05, 4.69) is 10.3 Å². The van der Waals surface area contributed by atoms with Crippen LogP contribution in [0, 0.1) is 0 Å². The van der Waals surface area contributed by atoms with Crippen molar-refractivity contribution in [3.8, 4) is 0 Å². The fourth-order valence-electron chi connectivity index (χ4n) is 2.41. The molecule has 1 aliphatic rings. The number of nitrogens with zero attached hydrogens (tertiary/aromatic N) is 2. The Kier molecular flexibility index (Phi) is 5.82. The zero-order valence-electron chi connectivity index (χ0n) is 12.3. The molecule has 0 spiro atoms. The molecule has 0 bridgehead atoms. The van der Waals surface area contributed by atoms with E-state index in [4.69, 9.17) is 16.7 Å². The van der Waals surface area contributed by atoms with Crippen molar-refractivity contribution in [2.75, 3.05) is 25.0 Å². The molecule has 0 atom stereocenters. The van der Waals surface area contributed by atoms with E-state index in [1.165, 1.54) is 0 Å². The van der Waals surface area contributed by atoms with Gasteiger partial charge in [0.1, 0.15) is 5.82 Å². The van der Waals surface area contributed by atoms with Crippen molar-refractivity contribution in [3.63, 3.8) is 0 Å². The van der Waals surface area contributed by atoms with Crippen LogP contribution >= 0.6 is 11.6 Å². The molecule has 6 heteroatoms. The molecule has 21 heavy (non-hydrogen) atoms. The first-order valence-electron chi connectivity index (χ1n) is 7.48. The fourth-order valence-corrected chi connectivity index (χ4v) is 2.64. The van der Waals surface area contributed by atoms with Crippen LogP contribution in [0.4, 0.5) is 5.82 Å². The van der Waals surface area contributed by atoms with Gasteiger partial charge in [0, 0.05) is 31.9 Å². The first-order valence-corrected chi connectivity index (χ1v) is 7.86. The topological polar surface area (TPSA) is 65.5 Å². The van der Waals surface area contributed by atoms with Crippen LogP contribution in [0.1, 0.15) is 43.0 Å². The van der Waals surface area contributed by atoms with Crippen LogP contribution in [0.2, 0.25) is 5.02 Å². The van der Waals surface area contributed by atoms with E-state index < -0.39 is 0 Å². The van der Waals surface area contributed by atoms with Gasteiger partial charge < -0.3 is 15.3 Å².